The van der Waals surface area contributed by atoms with E-state index in [2.05, 4.69) is 30.5 Å². The fourth-order valence-corrected chi connectivity index (χ4v) is 4.21. The van der Waals surface area contributed by atoms with E-state index in [1.165, 1.54) is 0 Å². The number of fused-ring (bicyclic) bond motifs is 2. The third kappa shape index (κ3) is 3.88. The van der Waals surface area contributed by atoms with Crippen molar-refractivity contribution in [2.45, 2.75) is 26.7 Å². The normalized spacial score (nSPS) is 11.4. The summed E-state index contributed by atoms with van der Waals surface area (Å²) < 4.78 is 1.96. The highest BCUT2D eigenvalue weighted by molar-refractivity contribution is 5.94. The number of amides is 1. The van der Waals surface area contributed by atoms with Gasteiger partial charge in [-0.05, 0) is 43.7 Å². The number of nitrogens with zero attached hydrogens (tertiary/aromatic N) is 6. The molecule has 1 amide bonds. The van der Waals surface area contributed by atoms with E-state index in [-0.39, 0.29) is 5.91 Å². The van der Waals surface area contributed by atoms with Crippen molar-refractivity contribution in [3.05, 3.63) is 67.0 Å². The SMILES string of the molecule is CCCC(=O)Nc1cncc(-c2ccc3[nH]nc(-c4nc5c(-n6cnc(C)c6)cccc5[nH]4)c3n2)c1. The standard InChI is InChI=1S/C26H23N9O/c1-3-5-22(36)29-17-10-16(11-27-12-17)18-8-9-20-24(30-18)25(34-33-20)26-31-19-6-4-7-21(23(19)32-26)35-13-15(2)28-14-35/h4,6-14H,3,5H2,1-2H3,(H,29,36)(H,31,32)(H,33,34). The van der Waals surface area contributed by atoms with Gasteiger partial charge in [0.15, 0.2) is 11.5 Å². The molecule has 5 heterocycles. The Bertz CT molecular complexity index is 1730. The predicted molar refractivity (Wildman–Crippen MR) is 138 cm³/mol. The van der Waals surface area contributed by atoms with E-state index >= 15 is 0 Å². The summed E-state index contributed by atoms with van der Waals surface area (Å²) in [5.41, 5.74) is 7.81. The smallest absolute Gasteiger partial charge is 0.224 e. The van der Waals surface area contributed by atoms with Crippen molar-refractivity contribution in [3.8, 4) is 28.5 Å². The lowest BCUT2D eigenvalue weighted by Crippen LogP contribution is -2.10. The van der Waals surface area contributed by atoms with Crippen molar-refractivity contribution in [2.24, 2.45) is 0 Å². The molecule has 178 valence electrons. The van der Waals surface area contributed by atoms with Crippen LogP contribution in [0.4, 0.5) is 5.69 Å². The van der Waals surface area contributed by atoms with Crippen LogP contribution in [0.2, 0.25) is 0 Å². The molecule has 5 aromatic heterocycles. The highest BCUT2D eigenvalue weighted by Crippen LogP contribution is 2.30. The zero-order valence-electron chi connectivity index (χ0n) is 19.8. The first kappa shape index (κ1) is 21.7. The van der Waals surface area contributed by atoms with Gasteiger partial charge in [0.2, 0.25) is 5.91 Å². The third-order valence-corrected chi connectivity index (χ3v) is 5.91. The van der Waals surface area contributed by atoms with Crippen LogP contribution in [0.15, 0.2) is 61.3 Å². The van der Waals surface area contributed by atoms with E-state index < -0.39 is 0 Å². The molecule has 0 aliphatic carbocycles. The first-order valence-corrected chi connectivity index (χ1v) is 11.7. The molecule has 3 N–H and O–H groups in total. The number of carbonyl (C=O) groups is 1. The average Bonchev–Trinajstić information content (AvgIpc) is 3.61. The highest BCUT2D eigenvalue weighted by atomic mass is 16.1. The van der Waals surface area contributed by atoms with Crippen LogP contribution in [0.25, 0.3) is 50.5 Å². The summed E-state index contributed by atoms with van der Waals surface area (Å²) in [7, 11) is 0. The van der Waals surface area contributed by atoms with Gasteiger partial charge in [0.1, 0.15) is 11.0 Å². The Morgan fingerprint density at radius 3 is 2.83 bits per heavy atom. The first-order chi connectivity index (χ1) is 17.6. The van der Waals surface area contributed by atoms with Crippen LogP contribution in [0.3, 0.4) is 0 Å². The molecule has 0 fully saturated rings. The van der Waals surface area contributed by atoms with E-state index in [1.807, 2.05) is 61.0 Å². The lowest BCUT2D eigenvalue weighted by Gasteiger charge is -2.06. The second-order valence-electron chi connectivity index (χ2n) is 8.61. The van der Waals surface area contributed by atoms with Gasteiger partial charge >= 0.3 is 0 Å². The predicted octanol–water partition coefficient (Wildman–Crippen LogP) is 4.80. The van der Waals surface area contributed by atoms with Crippen molar-refractivity contribution in [1.29, 1.82) is 0 Å². The molecule has 1 aromatic carbocycles. The van der Waals surface area contributed by atoms with E-state index in [0.717, 1.165) is 45.6 Å². The number of carbonyl (C=O) groups excluding carboxylic acids is 1. The lowest BCUT2D eigenvalue weighted by atomic mass is 10.1. The molecular formula is C26H23N9O. The number of imidazole rings is 2. The molecule has 36 heavy (non-hydrogen) atoms. The minimum absolute atomic E-state index is 0.0351. The number of pyridine rings is 2. The number of aromatic amines is 2. The summed E-state index contributed by atoms with van der Waals surface area (Å²) in [6, 6.07) is 11.7. The highest BCUT2D eigenvalue weighted by Gasteiger charge is 2.17. The van der Waals surface area contributed by atoms with Crippen LogP contribution in [0, 0.1) is 6.92 Å². The molecular weight excluding hydrogens is 454 g/mol. The van der Waals surface area contributed by atoms with Gasteiger partial charge in [-0.3, -0.25) is 14.9 Å². The van der Waals surface area contributed by atoms with E-state index in [0.29, 0.717) is 29.1 Å². The van der Waals surface area contributed by atoms with Crippen molar-refractivity contribution < 1.29 is 4.79 Å². The second kappa shape index (κ2) is 8.73. The Hall–Kier alpha value is -4.86. The minimum atomic E-state index is -0.0351. The molecule has 0 aliphatic rings. The number of hydrogen-bond acceptors (Lipinski definition) is 6. The number of rotatable bonds is 6. The Kier molecular flexibility index (Phi) is 5.25. The monoisotopic (exact) mass is 477 g/mol. The maximum absolute atomic E-state index is 12.0. The Morgan fingerprint density at radius 2 is 2.00 bits per heavy atom. The maximum Gasteiger partial charge on any atom is 0.224 e. The molecule has 0 saturated heterocycles. The number of benzene rings is 1. The minimum Gasteiger partial charge on any atom is -0.336 e. The van der Waals surface area contributed by atoms with Crippen LogP contribution < -0.4 is 5.32 Å². The van der Waals surface area contributed by atoms with Crippen LogP contribution in [0.5, 0.6) is 0 Å². The lowest BCUT2D eigenvalue weighted by molar-refractivity contribution is -0.116. The summed E-state index contributed by atoms with van der Waals surface area (Å²) in [5.74, 6) is 0.580. The number of aryl methyl sites for hydroxylation is 1. The van der Waals surface area contributed by atoms with Crippen LogP contribution >= 0.6 is 0 Å². The molecule has 6 aromatic rings. The van der Waals surface area contributed by atoms with Crippen molar-refractivity contribution in [2.75, 3.05) is 5.32 Å². The average molecular weight is 478 g/mol. The molecule has 10 heteroatoms. The van der Waals surface area contributed by atoms with Crippen LogP contribution in [-0.4, -0.2) is 45.6 Å². The van der Waals surface area contributed by atoms with Gasteiger partial charge in [0, 0.05) is 24.4 Å². The molecule has 0 bridgehead atoms. The zero-order valence-corrected chi connectivity index (χ0v) is 19.8. The van der Waals surface area contributed by atoms with E-state index in [4.69, 9.17) is 9.97 Å². The Morgan fingerprint density at radius 1 is 1.08 bits per heavy atom. The summed E-state index contributed by atoms with van der Waals surface area (Å²) >= 11 is 0. The summed E-state index contributed by atoms with van der Waals surface area (Å²) in [6.45, 7) is 3.92. The molecule has 0 aliphatic heterocycles. The summed E-state index contributed by atoms with van der Waals surface area (Å²) in [5, 5.41) is 10.4. The van der Waals surface area contributed by atoms with Gasteiger partial charge in [-0.1, -0.05) is 13.0 Å². The second-order valence-corrected chi connectivity index (χ2v) is 8.61. The number of para-hydroxylation sites is 1. The maximum atomic E-state index is 12.0. The van der Waals surface area contributed by atoms with Gasteiger partial charge in [-0.2, -0.15) is 5.10 Å². The first-order valence-electron chi connectivity index (χ1n) is 11.7. The summed E-state index contributed by atoms with van der Waals surface area (Å²) in [4.78, 5) is 33.8. The number of nitrogens with one attached hydrogen (secondary N) is 3. The topological polar surface area (TPSA) is 130 Å². The number of anilines is 1. The van der Waals surface area contributed by atoms with E-state index in [9.17, 15) is 4.79 Å². The van der Waals surface area contributed by atoms with Gasteiger partial charge in [-0.25, -0.2) is 15.0 Å². The molecule has 10 nitrogen and oxygen atoms in total. The van der Waals surface area contributed by atoms with Crippen LogP contribution in [-0.2, 0) is 4.79 Å². The molecule has 0 radical (unpaired) electrons. The zero-order chi connectivity index (χ0) is 24.6. The largest absolute Gasteiger partial charge is 0.336 e. The molecule has 6 rings (SSSR count). The van der Waals surface area contributed by atoms with E-state index in [1.54, 1.807) is 18.7 Å². The quantitative estimate of drug-likeness (QED) is 0.316. The van der Waals surface area contributed by atoms with Crippen LogP contribution in [0.1, 0.15) is 25.5 Å². The molecule has 0 unspecified atom stereocenters. The van der Waals surface area contributed by atoms with Gasteiger partial charge < -0.3 is 14.9 Å². The van der Waals surface area contributed by atoms with Gasteiger partial charge in [0.25, 0.3) is 0 Å². The van der Waals surface area contributed by atoms with Gasteiger partial charge in [0.05, 0.1) is 46.3 Å². The Labute approximate surface area is 205 Å². The number of hydrogen-bond donors (Lipinski definition) is 3. The molecule has 0 spiro atoms. The van der Waals surface area contributed by atoms with Gasteiger partial charge in [-0.15, -0.1) is 0 Å². The molecule has 0 saturated carbocycles. The fourth-order valence-electron chi connectivity index (χ4n) is 4.21. The Balaban J connectivity index is 1.40. The number of H-pyrrole nitrogens is 2. The van der Waals surface area contributed by atoms with Crippen molar-refractivity contribution in [3.63, 3.8) is 0 Å². The summed E-state index contributed by atoms with van der Waals surface area (Å²) in [6.07, 6.45) is 8.35. The van der Waals surface area contributed by atoms with Crippen molar-refractivity contribution in [1.82, 2.24) is 39.7 Å². The third-order valence-electron chi connectivity index (χ3n) is 5.91. The fraction of sp³-hybridized carbons (Fsp3) is 0.154. The number of aromatic nitrogens is 8. The molecule has 0 atom stereocenters. The van der Waals surface area contributed by atoms with Crippen molar-refractivity contribution >= 4 is 33.7 Å².